The summed E-state index contributed by atoms with van der Waals surface area (Å²) in [5, 5.41) is 9.27. The number of aryl methyl sites for hydroxylation is 1. The molecule has 0 spiro atoms. The van der Waals surface area contributed by atoms with Gasteiger partial charge in [0, 0.05) is 19.2 Å². The molecule has 0 amide bonds. The smallest absolute Gasteiger partial charge is 0.313 e. The van der Waals surface area contributed by atoms with Crippen LogP contribution in [0.4, 0.5) is 0 Å². The van der Waals surface area contributed by atoms with Gasteiger partial charge in [0.2, 0.25) is 0 Å². The molecule has 0 aliphatic heterocycles. The fourth-order valence-electron chi connectivity index (χ4n) is 1.11. The molecule has 1 rings (SSSR count). The van der Waals surface area contributed by atoms with Gasteiger partial charge in [0.05, 0.1) is 12.4 Å². The number of rotatable bonds is 6. The Morgan fingerprint density at radius 1 is 1.56 bits per heavy atom. The van der Waals surface area contributed by atoms with Gasteiger partial charge in [-0.25, -0.2) is 9.97 Å². The zero-order chi connectivity index (χ0) is 12.0. The molecular formula is C10H14N2O3S. The monoisotopic (exact) mass is 242 g/mol. The maximum atomic E-state index is 10.4. The van der Waals surface area contributed by atoms with Gasteiger partial charge in [-0.05, 0) is 13.0 Å². The zero-order valence-electron chi connectivity index (χ0n) is 9.27. The van der Waals surface area contributed by atoms with E-state index in [1.165, 1.54) is 11.8 Å². The fourth-order valence-corrected chi connectivity index (χ4v) is 1.81. The molecule has 1 N–H and O–H groups in total. The van der Waals surface area contributed by atoms with Crippen molar-refractivity contribution in [2.24, 2.45) is 0 Å². The summed E-state index contributed by atoms with van der Waals surface area (Å²) in [6, 6.07) is 1.78. The van der Waals surface area contributed by atoms with Crippen LogP contribution in [0, 0.1) is 6.92 Å². The molecular weight excluding hydrogens is 228 g/mol. The lowest BCUT2D eigenvalue weighted by molar-refractivity contribution is -0.133. The van der Waals surface area contributed by atoms with E-state index in [2.05, 4.69) is 9.97 Å². The number of aliphatic carboxylic acids is 1. The first-order chi connectivity index (χ1) is 7.61. The van der Waals surface area contributed by atoms with Gasteiger partial charge < -0.3 is 9.84 Å². The Labute approximate surface area is 98.3 Å². The van der Waals surface area contributed by atoms with Gasteiger partial charge >= 0.3 is 5.97 Å². The van der Waals surface area contributed by atoms with E-state index in [9.17, 15) is 4.79 Å². The maximum absolute atomic E-state index is 10.4. The van der Waals surface area contributed by atoms with E-state index in [1.807, 2.05) is 6.92 Å². The van der Waals surface area contributed by atoms with Crippen LogP contribution < -0.4 is 0 Å². The summed E-state index contributed by atoms with van der Waals surface area (Å²) >= 11 is 1.20. The van der Waals surface area contributed by atoms with Crippen molar-refractivity contribution >= 4 is 17.7 Å². The number of hydrogen-bond acceptors (Lipinski definition) is 5. The molecule has 0 radical (unpaired) electrons. The maximum Gasteiger partial charge on any atom is 0.313 e. The molecule has 88 valence electrons. The first-order valence-corrected chi connectivity index (χ1v) is 5.78. The summed E-state index contributed by atoms with van der Waals surface area (Å²) in [6.07, 6.45) is 0.638. The number of methoxy groups -OCH3 is 1. The number of hydrogen-bond donors (Lipinski definition) is 1. The largest absolute Gasteiger partial charge is 0.481 e. The van der Waals surface area contributed by atoms with Crippen LogP contribution in [0.2, 0.25) is 0 Å². The van der Waals surface area contributed by atoms with Gasteiger partial charge in [0.1, 0.15) is 10.9 Å². The van der Waals surface area contributed by atoms with Crippen molar-refractivity contribution in [3.63, 3.8) is 0 Å². The standard InChI is InChI=1S/C10H14N2O3S/c1-7-5-9(16-6-10(13)14)12-8(11-7)3-4-15-2/h5H,3-4,6H2,1-2H3,(H,13,14). The highest BCUT2D eigenvalue weighted by atomic mass is 32.2. The second-order valence-corrected chi connectivity index (χ2v) is 4.18. The van der Waals surface area contributed by atoms with Crippen molar-refractivity contribution in [3.8, 4) is 0 Å². The second kappa shape index (κ2) is 6.44. The molecule has 0 bridgehead atoms. The minimum absolute atomic E-state index is 0.0141. The summed E-state index contributed by atoms with van der Waals surface area (Å²) in [5.74, 6) is -0.144. The number of aromatic nitrogens is 2. The quantitative estimate of drug-likeness (QED) is 0.596. The Hall–Kier alpha value is -1.14. The number of carboxylic acids is 1. The van der Waals surface area contributed by atoms with E-state index in [0.717, 1.165) is 5.69 Å². The molecule has 0 aromatic carbocycles. The van der Waals surface area contributed by atoms with E-state index >= 15 is 0 Å². The number of carboxylic acid groups (broad SMARTS) is 1. The van der Waals surface area contributed by atoms with Crippen LogP contribution in [0.5, 0.6) is 0 Å². The molecule has 0 saturated heterocycles. The lowest BCUT2D eigenvalue weighted by atomic mass is 10.4. The van der Waals surface area contributed by atoms with Crippen LogP contribution >= 0.6 is 11.8 Å². The Morgan fingerprint density at radius 2 is 2.31 bits per heavy atom. The van der Waals surface area contributed by atoms with Crippen molar-refractivity contribution in [1.82, 2.24) is 9.97 Å². The summed E-state index contributed by atoms with van der Waals surface area (Å²) in [5.41, 5.74) is 0.842. The Bertz CT molecular complexity index is 371. The van der Waals surface area contributed by atoms with Gasteiger partial charge in [0.15, 0.2) is 0 Å². The average molecular weight is 242 g/mol. The normalized spacial score (nSPS) is 10.4. The summed E-state index contributed by atoms with van der Waals surface area (Å²) < 4.78 is 4.94. The van der Waals surface area contributed by atoms with Crippen molar-refractivity contribution < 1.29 is 14.6 Å². The predicted octanol–water partition coefficient (Wildman–Crippen LogP) is 1.15. The summed E-state index contributed by atoms with van der Waals surface area (Å²) in [4.78, 5) is 18.9. The van der Waals surface area contributed by atoms with E-state index in [0.29, 0.717) is 23.9 Å². The van der Waals surface area contributed by atoms with Crippen LogP contribution in [0.15, 0.2) is 11.1 Å². The third kappa shape index (κ3) is 4.59. The third-order valence-corrected chi connectivity index (χ3v) is 2.65. The highest BCUT2D eigenvalue weighted by Gasteiger charge is 2.05. The third-order valence-electron chi connectivity index (χ3n) is 1.75. The van der Waals surface area contributed by atoms with E-state index < -0.39 is 5.97 Å². The van der Waals surface area contributed by atoms with E-state index in [1.54, 1.807) is 13.2 Å². The molecule has 0 saturated carbocycles. The van der Waals surface area contributed by atoms with Crippen molar-refractivity contribution in [2.75, 3.05) is 19.5 Å². The number of ether oxygens (including phenoxy) is 1. The van der Waals surface area contributed by atoms with Crippen LogP contribution in [0.25, 0.3) is 0 Å². The predicted molar refractivity (Wildman–Crippen MR) is 60.7 cm³/mol. The molecule has 5 nitrogen and oxygen atoms in total. The zero-order valence-corrected chi connectivity index (χ0v) is 10.1. The van der Waals surface area contributed by atoms with Crippen LogP contribution in [-0.4, -0.2) is 40.5 Å². The number of thioether (sulfide) groups is 1. The lowest BCUT2D eigenvalue weighted by Crippen LogP contribution is -2.04. The van der Waals surface area contributed by atoms with Crippen molar-refractivity contribution in [3.05, 3.63) is 17.6 Å². The highest BCUT2D eigenvalue weighted by molar-refractivity contribution is 7.99. The van der Waals surface area contributed by atoms with Gasteiger partial charge in [-0.1, -0.05) is 11.8 Å². The molecule has 1 heterocycles. The first-order valence-electron chi connectivity index (χ1n) is 4.80. The van der Waals surface area contributed by atoms with Crippen LogP contribution in [0.3, 0.4) is 0 Å². The lowest BCUT2D eigenvalue weighted by Gasteiger charge is -2.04. The summed E-state index contributed by atoms with van der Waals surface area (Å²) in [6.45, 7) is 2.43. The molecule has 0 atom stereocenters. The fraction of sp³-hybridized carbons (Fsp3) is 0.500. The number of nitrogens with zero attached hydrogens (tertiary/aromatic N) is 2. The van der Waals surface area contributed by atoms with Gasteiger partial charge in [-0.15, -0.1) is 0 Å². The molecule has 0 aliphatic carbocycles. The molecule has 6 heteroatoms. The second-order valence-electron chi connectivity index (χ2n) is 3.19. The van der Waals surface area contributed by atoms with Gasteiger partial charge in [-0.2, -0.15) is 0 Å². The highest BCUT2D eigenvalue weighted by Crippen LogP contribution is 2.16. The van der Waals surface area contributed by atoms with Crippen LogP contribution in [-0.2, 0) is 16.0 Å². The Morgan fingerprint density at radius 3 is 2.94 bits per heavy atom. The average Bonchev–Trinajstić information content (AvgIpc) is 2.23. The van der Waals surface area contributed by atoms with E-state index in [4.69, 9.17) is 9.84 Å². The Kier molecular flexibility index (Phi) is 5.21. The topological polar surface area (TPSA) is 72.3 Å². The minimum atomic E-state index is -0.847. The molecule has 1 aromatic rings. The summed E-state index contributed by atoms with van der Waals surface area (Å²) in [7, 11) is 1.62. The molecule has 16 heavy (non-hydrogen) atoms. The van der Waals surface area contributed by atoms with Crippen LogP contribution in [0.1, 0.15) is 11.5 Å². The van der Waals surface area contributed by atoms with Crippen molar-refractivity contribution in [2.45, 2.75) is 18.4 Å². The molecule has 0 fully saturated rings. The molecule has 0 unspecified atom stereocenters. The van der Waals surface area contributed by atoms with E-state index in [-0.39, 0.29) is 5.75 Å². The minimum Gasteiger partial charge on any atom is -0.481 e. The molecule has 0 aliphatic rings. The van der Waals surface area contributed by atoms with Gasteiger partial charge in [-0.3, -0.25) is 4.79 Å². The van der Waals surface area contributed by atoms with Crippen molar-refractivity contribution in [1.29, 1.82) is 0 Å². The first kappa shape index (κ1) is 12.9. The number of carbonyl (C=O) groups is 1. The Balaban J connectivity index is 2.69. The molecule has 1 aromatic heterocycles. The SMILES string of the molecule is COCCc1nc(C)cc(SCC(=O)O)n1. The van der Waals surface area contributed by atoms with Gasteiger partial charge in [0.25, 0.3) is 0 Å².